The van der Waals surface area contributed by atoms with E-state index in [1.165, 1.54) is 21.9 Å². The summed E-state index contributed by atoms with van der Waals surface area (Å²) in [4.78, 5) is 0. The molecule has 2 N–H and O–H groups in total. The average Bonchev–Trinajstić information content (AvgIpc) is 2.60. The van der Waals surface area contributed by atoms with Gasteiger partial charge in [0.15, 0.2) is 0 Å². The molecule has 0 aliphatic carbocycles. The van der Waals surface area contributed by atoms with E-state index in [0.717, 1.165) is 12.2 Å². The smallest absolute Gasteiger partial charge is 0.119 e. The predicted octanol–water partition coefficient (Wildman–Crippen LogP) is 4.52. The molecule has 0 aromatic heterocycles. The lowest BCUT2D eigenvalue weighted by Crippen LogP contribution is -2.15. The van der Waals surface area contributed by atoms with Crippen molar-refractivity contribution in [1.82, 2.24) is 0 Å². The number of nitrogens with two attached hydrogens (primary N) is 1. The van der Waals surface area contributed by atoms with Crippen LogP contribution in [0.2, 0.25) is 0 Å². The molecule has 0 aliphatic heterocycles. The lowest BCUT2D eigenvalue weighted by molar-refractivity contribution is 0.339. The van der Waals surface area contributed by atoms with E-state index in [9.17, 15) is 0 Å². The topological polar surface area (TPSA) is 35.2 Å². The summed E-state index contributed by atoms with van der Waals surface area (Å²) in [5, 5.41) is 2.60. The molecule has 3 aromatic carbocycles. The molecule has 2 heteroatoms. The summed E-state index contributed by atoms with van der Waals surface area (Å²) in [6, 6.07) is 23.3. The molecule has 23 heavy (non-hydrogen) atoms. The predicted molar refractivity (Wildman–Crippen MR) is 97.1 cm³/mol. The first-order valence-corrected chi connectivity index (χ1v) is 8.21. The van der Waals surface area contributed by atoms with Crippen LogP contribution in [0.25, 0.3) is 10.8 Å². The van der Waals surface area contributed by atoms with Gasteiger partial charge in [0.05, 0.1) is 6.61 Å². The minimum Gasteiger partial charge on any atom is -0.494 e. The summed E-state index contributed by atoms with van der Waals surface area (Å²) in [6.07, 6.45) is 0.938. The van der Waals surface area contributed by atoms with Gasteiger partial charge in [-0.2, -0.15) is 0 Å². The maximum atomic E-state index is 6.08. The van der Waals surface area contributed by atoms with Crippen LogP contribution in [0.4, 0.5) is 0 Å². The summed E-state index contributed by atoms with van der Waals surface area (Å²) in [7, 11) is 0. The van der Waals surface area contributed by atoms with Gasteiger partial charge in [0.2, 0.25) is 0 Å². The Labute approximate surface area is 137 Å². The van der Waals surface area contributed by atoms with Crippen LogP contribution in [0, 0.1) is 0 Å². The third-order valence-electron chi connectivity index (χ3n) is 4.27. The molecule has 3 rings (SSSR count). The van der Waals surface area contributed by atoms with E-state index < -0.39 is 0 Å². The molecule has 3 aromatic rings. The highest BCUT2D eigenvalue weighted by Crippen LogP contribution is 2.27. The third-order valence-corrected chi connectivity index (χ3v) is 4.27. The van der Waals surface area contributed by atoms with E-state index in [2.05, 4.69) is 54.6 Å². The summed E-state index contributed by atoms with van der Waals surface area (Å²) in [5.41, 5.74) is 8.67. The van der Waals surface area contributed by atoms with Crippen molar-refractivity contribution in [2.75, 3.05) is 13.2 Å². The number of hydrogen-bond acceptors (Lipinski definition) is 2. The Hall–Kier alpha value is -2.32. The van der Waals surface area contributed by atoms with Crippen molar-refractivity contribution in [3.8, 4) is 5.75 Å². The van der Waals surface area contributed by atoms with Crippen LogP contribution in [0.5, 0.6) is 5.75 Å². The van der Waals surface area contributed by atoms with Gasteiger partial charge in [-0.15, -0.1) is 0 Å². The number of rotatable bonds is 6. The lowest BCUT2D eigenvalue weighted by Gasteiger charge is -2.18. The van der Waals surface area contributed by atoms with Gasteiger partial charge in [-0.25, -0.2) is 0 Å². The van der Waals surface area contributed by atoms with Gasteiger partial charge < -0.3 is 10.5 Å². The Kier molecular flexibility index (Phi) is 4.94. The molecule has 2 nitrogen and oxygen atoms in total. The Bertz CT molecular complexity index is 776. The highest BCUT2D eigenvalue weighted by atomic mass is 16.5. The van der Waals surface area contributed by atoms with Gasteiger partial charge in [-0.1, -0.05) is 54.6 Å². The normalized spacial score (nSPS) is 12.3. The molecule has 0 amide bonds. The number of ether oxygens (including phenoxy) is 1. The van der Waals surface area contributed by atoms with Crippen molar-refractivity contribution < 1.29 is 4.74 Å². The first kappa shape index (κ1) is 15.6. The molecule has 0 bridgehead atoms. The van der Waals surface area contributed by atoms with Crippen LogP contribution in [0.3, 0.4) is 0 Å². The zero-order valence-corrected chi connectivity index (χ0v) is 13.5. The summed E-state index contributed by atoms with van der Waals surface area (Å²) in [5.74, 6) is 1.21. The first-order valence-electron chi connectivity index (χ1n) is 8.21. The molecule has 0 radical (unpaired) electrons. The quantitative estimate of drug-likeness (QED) is 0.726. The van der Waals surface area contributed by atoms with Crippen LogP contribution in [0.15, 0.2) is 66.7 Å². The van der Waals surface area contributed by atoms with Crippen molar-refractivity contribution >= 4 is 10.8 Å². The number of benzene rings is 3. The van der Waals surface area contributed by atoms with Gasteiger partial charge >= 0.3 is 0 Å². The molecule has 0 fully saturated rings. The fourth-order valence-corrected chi connectivity index (χ4v) is 3.10. The molecule has 0 aliphatic rings. The Balaban J connectivity index is 1.91. The van der Waals surface area contributed by atoms with E-state index in [1.54, 1.807) is 0 Å². The van der Waals surface area contributed by atoms with Gasteiger partial charge in [0.1, 0.15) is 5.75 Å². The van der Waals surface area contributed by atoms with Crippen LogP contribution >= 0.6 is 0 Å². The Morgan fingerprint density at radius 2 is 1.74 bits per heavy atom. The first-order chi connectivity index (χ1) is 11.3. The van der Waals surface area contributed by atoms with Crippen molar-refractivity contribution in [2.24, 2.45) is 5.73 Å². The molecular formula is C21H23NO. The van der Waals surface area contributed by atoms with Crippen molar-refractivity contribution in [3.05, 3.63) is 77.9 Å². The molecule has 1 unspecified atom stereocenters. The summed E-state index contributed by atoms with van der Waals surface area (Å²) in [6.45, 7) is 3.31. The van der Waals surface area contributed by atoms with E-state index in [4.69, 9.17) is 10.5 Å². The fraction of sp³-hybridized carbons (Fsp3) is 0.238. The third kappa shape index (κ3) is 3.54. The molecule has 118 valence electrons. The minimum absolute atomic E-state index is 0.293. The van der Waals surface area contributed by atoms with Crippen molar-refractivity contribution in [1.29, 1.82) is 0 Å². The largest absolute Gasteiger partial charge is 0.494 e. The average molecular weight is 305 g/mol. The zero-order chi connectivity index (χ0) is 16.1. The van der Waals surface area contributed by atoms with Gasteiger partial charge in [0.25, 0.3) is 0 Å². The molecule has 1 atom stereocenters. The van der Waals surface area contributed by atoms with Crippen molar-refractivity contribution in [3.63, 3.8) is 0 Å². The van der Waals surface area contributed by atoms with Gasteiger partial charge in [-0.05, 0) is 53.9 Å². The van der Waals surface area contributed by atoms with Crippen LogP contribution < -0.4 is 10.5 Å². The maximum Gasteiger partial charge on any atom is 0.119 e. The monoisotopic (exact) mass is 305 g/mol. The molecule has 0 saturated carbocycles. The summed E-state index contributed by atoms with van der Waals surface area (Å²) < 4.78 is 5.62. The highest BCUT2D eigenvalue weighted by molar-refractivity contribution is 5.85. The Morgan fingerprint density at radius 1 is 0.957 bits per heavy atom. The van der Waals surface area contributed by atoms with E-state index in [1.807, 2.05) is 19.1 Å². The van der Waals surface area contributed by atoms with Crippen LogP contribution in [-0.4, -0.2) is 13.2 Å². The SMILES string of the molecule is CCOc1cccc(C(CN)Cc2cccc3ccccc23)c1. The molecule has 0 heterocycles. The second kappa shape index (κ2) is 7.30. The number of fused-ring (bicyclic) bond motifs is 1. The zero-order valence-electron chi connectivity index (χ0n) is 13.5. The van der Waals surface area contributed by atoms with E-state index in [-0.39, 0.29) is 0 Å². The van der Waals surface area contributed by atoms with E-state index in [0.29, 0.717) is 19.1 Å². The standard InChI is InChI=1S/C21H23NO/c1-2-23-20-11-6-9-17(14-20)19(15-22)13-18-10-5-8-16-7-3-4-12-21(16)18/h3-12,14,19H,2,13,15,22H2,1H3. The maximum absolute atomic E-state index is 6.08. The van der Waals surface area contributed by atoms with Crippen LogP contribution in [-0.2, 0) is 6.42 Å². The second-order valence-corrected chi connectivity index (χ2v) is 5.78. The molecular weight excluding hydrogens is 282 g/mol. The minimum atomic E-state index is 0.293. The molecule has 0 spiro atoms. The van der Waals surface area contributed by atoms with Gasteiger partial charge in [-0.3, -0.25) is 0 Å². The van der Waals surface area contributed by atoms with Crippen molar-refractivity contribution in [2.45, 2.75) is 19.3 Å². The molecule has 0 saturated heterocycles. The summed E-state index contributed by atoms with van der Waals surface area (Å²) >= 11 is 0. The Morgan fingerprint density at radius 3 is 2.57 bits per heavy atom. The fourth-order valence-electron chi connectivity index (χ4n) is 3.10. The van der Waals surface area contributed by atoms with E-state index >= 15 is 0 Å². The van der Waals surface area contributed by atoms with Gasteiger partial charge in [0, 0.05) is 5.92 Å². The highest BCUT2D eigenvalue weighted by Gasteiger charge is 2.13. The second-order valence-electron chi connectivity index (χ2n) is 5.78. The number of hydrogen-bond donors (Lipinski definition) is 1. The van der Waals surface area contributed by atoms with Crippen LogP contribution in [0.1, 0.15) is 24.0 Å². The lowest BCUT2D eigenvalue weighted by atomic mass is 9.89.